The molecule has 3 nitrogen and oxygen atoms in total. The van der Waals surface area contributed by atoms with Gasteiger partial charge in [0.2, 0.25) is 0 Å². The van der Waals surface area contributed by atoms with Gasteiger partial charge in [0.15, 0.2) is 0 Å². The summed E-state index contributed by atoms with van der Waals surface area (Å²) in [6.45, 7) is 4.19. The lowest BCUT2D eigenvalue weighted by molar-refractivity contribution is 0.304. The van der Waals surface area contributed by atoms with Crippen LogP contribution in [0, 0.1) is 11.8 Å². The van der Waals surface area contributed by atoms with Crippen LogP contribution in [-0.4, -0.2) is 23.5 Å². The highest BCUT2D eigenvalue weighted by Gasteiger charge is 2.33. The minimum absolute atomic E-state index is 0.535. The van der Waals surface area contributed by atoms with Gasteiger partial charge in [0.05, 0.1) is 10.7 Å². The monoisotopic (exact) mass is 239 g/mol. The van der Waals surface area contributed by atoms with Crippen LogP contribution in [0.4, 0.5) is 5.82 Å². The molecule has 4 heteroatoms. The third-order valence-corrected chi connectivity index (χ3v) is 3.53. The van der Waals surface area contributed by atoms with Crippen LogP contribution in [-0.2, 0) is 6.54 Å². The van der Waals surface area contributed by atoms with E-state index in [0.717, 1.165) is 30.6 Å². The molecule has 16 heavy (non-hydrogen) atoms. The van der Waals surface area contributed by atoms with Crippen molar-refractivity contribution in [2.45, 2.75) is 19.9 Å². The Morgan fingerprint density at radius 2 is 2.25 bits per heavy atom. The van der Waals surface area contributed by atoms with Gasteiger partial charge in [-0.15, -0.1) is 0 Å². The van der Waals surface area contributed by atoms with E-state index in [1.165, 1.54) is 6.42 Å². The normalized spacial score (nSPS) is 23.8. The van der Waals surface area contributed by atoms with Crippen LogP contribution < -0.4 is 5.73 Å². The number of hydrogen-bond donors (Lipinski definition) is 1. The van der Waals surface area contributed by atoms with Crippen molar-refractivity contribution in [3.8, 4) is 0 Å². The maximum Gasteiger partial charge on any atom is 0.123 e. The molecule has 0 bridgehead atoms. The number of nitrogen functional groups attached to an aromatic ring is 1. The van der Waals surface area contributed by atoms with Crippen molar-refractivity contribution in [1.82, 2.24) is 9.88 Å². The van der Waals surface area contributed by atoms with Crippen LogP contribution in [0.5, 0.6) is 0 Å². The minimum Gasteiger partial charge on any atom is -0.384 e. The highest BCUT2D eigenvalue weighted by Crippen LogP contribution is 2.38. The molecule has 2 rings (SSSR count). The topological polar surface area (TPSA) is 42.2 Å². The fourth-order valence-corrected chi connectivity index (χ4v) is 2.15. The third kappa shape index (κ3) is 2.86. The van der Waals surface area contributed by atoms with Gasteiger partial charge in [-0.2, -0.15) is 0 Å². The second-order valence-corrected chi connectivity index (χ2v) is 5.24. The molecule has 0 aliphatic heterocycles. The summed E-state index contributed by atoms with van der Waals surface area (Å²) >= 11 is 6.08. The number of pyridine rings is 1. The highest BCUT2D eigenvalue weighted by molar-refractivity contribution is 6.31. The first-order chi connectivity index (χ1) is 7.56. The first-order valence-electron chi connectivity index (χ1n) is 5.65. The molecule has 0 saturated heterocycles. The van der Waals surface area contributed by atoms with E-state index >= 15 is 0 Å². The van der Waals surface area contributed by atoms with E-state index in [1.807, 2.05) is 6.07 Å². The average Bonchev–Trinajstić information content (AvgIpc) is 2.88. The van der Waals surface area contributed by atoms with Gasteiger partial charge in [0.25, 0.3) is 0 Å². The second kappa shape index (κ2) is 4.60. The molecule has 1 fully saturated rings. The zero-order valence-electron chi connectivity index (χ0n) is 9.78. The molecule has 0 aromatic carbocycles. The van der Waals surface area contributed by atoms with Crippen LogP contribution in [0.25, 0.3) is 0 Å². The number of aromatic nitrogens is 1. The molecule has 2 unspecified atom stereocenters. The van der Waals surface area contributed by atoms with Gasteiger partial charge in [-0.1, -0.05) is 18.5 Å². The predicted octanol–water partition coefficient (Wildman–Crippen LogP) is 2.41. The van der Waals surface area contributed by atoms with Crippen molar-refractivity contribution in [2.75, 3.05) is 19.3 Å². The molecule has 1 heterocycles. The van der Waals surface area contributed by atoms with Crippen molar-refractivity contribution in [1.29, 1.82) is 0 Å². The van der Waals surface area contributed by atoms with E-state index in [9.17, 15) is 0 Å². The first-order valence-corrected chi connectivity index (χ1v) is 6.03. The van der Waals surface area contributed by atoms with Gasteiger partial charge in [-0.05, 0) is 37.4 Å². The molecule has 1 aliphatic rings. The fourth-order valence-electron chi connectivity index (χ4n) is 1.99. The van der Waals surface area contributed by atoms with E-state index in [0.29, 0.717) is 10.8 Å². The fraction of sp³-hybridized carbons (Fsp3) is 0.583. The summed E-state index contributed by atoms with van der Waals surface area (Å²) in [7, 11) is 2.10. The Morgan fingerprint density at radius 3 is 2.88 bits per heavy atom. The molecule has 1 saturated carbocycles. The highest BCUT2D eigenvalue weighted by atomic mass is 35.5. The van der Waals surface area contributed by atoms with E-state index in [2.05, 4.69) is 23.9 Å². The van der Waals surface area contributed by atoms with Crippen molar-refractivity contribution in [2.24, 2.45) is 11.8 Å². The van der Waals surface area contributed by atoms with Crippen LogP contribution in [0.2, 0.25) is 5.02 Å². The third-order valence-electron chi connectivity index (χ3n) is 3.18. The number of anilines is 1. The summed E-state index contributed by atoms with van der Waals surface area (Å²) in [6, 6.07) is 3.54. The molecule has 2 N–H and O–H groups in total. The molecule has 0 spiro atoms. The van der Waals surface area contributed by atoms with Crippen LogP contribution in [0.1, 0.15) is 19.0 Å². The van der Waals surface area contributed by atoms with E-state index in [4.69, 9.17) is 17.3 Å². The Hall–Kier alpha value is -0.800. The summed E-state index contributed by atoms with van der Waals surface area (Å²) < 4.78 is 0. The second-order valence-electron chi connectivity index (χ2n) is 4.83. The maximum absolute atomic E-state index is 6.08. The Morgan fingerprint density at radius 1 is 1.56 bits per heavy atom. The van der Waals surface area contributed by atoms with Crippen molar-refractivity contribution < 1.29 is 0 Å². The van der Waals surface area contributed by atoms with Gasteiger partial charge in [-0.3, -0.25) is 0 Å². The SMILES string of the molecule is CC1CC1CN(C)Cc1nc(N)ccc1Cl. The van der Waals surface area contributed by atoms with Crippen LogP contribution >= 0.6 is 11.6 Å². The molecule has 88 valence electrons. The van der Waals surface area contributed by atoms with Crippen LogP contribution in [0.3, 0.4) is 0 Å². The minimum atomic E-state index is 0.535. The van der Waals surface area contributed by atoms with Gasteiger partial charge in [-0.25, -0.2) is 4.98 Å². The molecule has 2 atom stereocenters. The lowest BCUT2D eigenvalue weighted by Crippen LogP contribution is -2.22. The number of nitrogens with zero attached hydrogens (tertiary/aromatic N) is 2. The smallest absolute Gasteiger partial charge is 0.123 e. The summed E-state index contributed by atoms with van der Waals surface area (Å²) in [5.41, 5.74) is 6.52. The van der Waals surface area contributed by atoms with E-state index in [-0.39, 0.29) is 0 Å². The zero-order chi connectivity index (χ0) is 11.7. The number of halogens is 1. The van der Waals surface area contributed by atoms with E-state index in [1.54, 1.807) is 6.07 Å². The quantitative estimate of drug-likeness (QED) is 0.878. The van der Waals surface area contributed by atoms with Gasteiger partial charge >= 0.3 is 0 Å². The lowest BCUT2D eigenvalue weighted by atomic mass is 10.3. The molecule has 1 aliphatic carbocycles. The summed E-state index contributed by atoms with van der Waals surface area (Å²) in [6.07, 6.45) is 1.35. The zero-order valence-corrected chi connectivity index (χ0v) is 10.5. The number of hydrogen-bond acceptors (Lipinski definition) is 3. The first kappa shape index (κ1) is 11.7. The van der Waals surface area contributed by atoms with Gasteiger partial charge in [0, 0.05) is 13.1 Å². The summed E-state index contributed by atoms with van der Waals surface area (Å²) in [5, 5.41) is 0.699. The Kier molecular flexibility index (Phi) is 3.36. The van der Waals surface area contributed by atoms with Crippen molar-refractivity contribution in [3.05, 3.63) is 22.8 Å². The van der Waals surface area contributed by atoms with Crippen molar-refractivity contribution >= 4 is 17.4 Å². The molecule has 0 radical (unpaired) electrons. The summed E-state index contributed by atoms with van der Waals surface area (Å²) in [4.78, 5) is 6.53. The number of rotatable bonds is 4. The Bertz CT molecular complexity index is 381. The molecular formula is C12H18ClN3. The lowest BCUT2D eigenvalue weighted by Gasteiger charge is -2.16. The standard InChI is InChI=1S/C12H18ClN3/c1-8-5-9(8)6-16(2)7-11-10(13)3-4-12(14)15-11/h3-4,8-9H,5-7H2,1-2H3,(H2,14,15). The Balaban J connectivity index is 1.94. The van der Waals surface area contributed by atoms with Crippen LogP contribution in [0.15, 0.2) is 12.1 Å². The average molecular weight is 240 g/mol. The number of nitrogens with two attached hydrogens (primary N) is 1. The molecule has 1 aromatic heterocycles. The van der Waals surface area contributed by atoms with Gasteiger partial charge in [0.1, 0.15) is 5.82 Å². The molecule has 0 amide bonds. The molecule has 1 aromatic rings. The van der Waals surface area contributed by atoms with Gasteiger partial charge < -0.3 is 10.6 Å². The predicted molar refractivity (Wildman–Crippen MR) is 67.3 cm³/mol. The largest absolute Gasteiger partial charge is 0.384 e. The maximum atomic E-state index is 6.08. The summed E-state index contributed by atoms with van der Waals surface area (Å²) in [5.74, 6) is 2.27. The Labute approximate surface area is 102 Å². The van der Waals surface area contributed by atoms with E-state index < -0.39 is 0 Å². The molecular weight excluding hydrogens is 222 g/mol. The van der Waals surface area contributed by atoms with Crippen molar-refractivity contribution in [3.63, 3.8) is 0 Å².